The van der Waals surface area contributed by atoms with Gasteiger partial charge in [-0.15, -0.1) is 11.8 Å². The van der Waals surface area contributed by atoms with Crippen LogP contribution in [0.1, 0.15) is 49.2 Å². The van der Waals surface area contributed by atoms with Crippen molar-refractivity contribution in [1.82, 2.24) is 5.32 Å². The van der Waals surface area contributed by atoms with Crippen LogP contribution in [0.4, 0.5) is 14.5 Å². The lowest BCUT2D eigenvalue weighted by Gasteiger charge is -2.43. The average molecular weight is 696 g/mol. The normalized spacial score (nSPS) is 16.0. The van der Waals surface area contributed by atoms with Crippen LogP contribution in [0.5, 0.6) is 5.75 Å². The molecule has 0 radical (unpaired) electrons. The van der Waals surface area contributed by atoms with Gasteiger partial charge in [-0.3, -0.25) is 4.79 Å². The lowest BCUT2D eigenvalue weighted by atomic mass is 9.77. The van der Waals surface area contributed by atoms with E-state index in [1.165, 1.54) is 30.0 Å². The number of nitrogens with one attached hydrogen (secondary N) is 1. The number of carbonyl (C=O) groups excluding carboxylic acids is 1. The summed E-state index contributed by atoms with van der Waals surface area (Å²) in [6.07, 6.45) is 2.18. The highest BCUT2D eigenvalue weighted by atomic mass is 35.5. The summed E-state index contributed by atoms with van der Waals surface area (Å²) in [6.45, 7) is 8.24. The van der Waals surface area contributed by atoms with Gasteiger partial charge in [0.25, 0.3) is 5.91 Å². The summed E-state index contributed by atoms with van der Waals surface area (Å²) in [5.41, 5.74) is 3.30. The molecule has 1 aliphatic rings. The number of rotatable bonds is 11. The Morgan fingerprint density at radius 3 is 2.42 bits per heavy atom. The lowest BCUT2D eigenvalue weighted by Crippen LogP contribution is -2.37. The van der Waals surface area contributed by atoms with Crippen molar-refractivity contribution in [2.75, 3.05) is 24.3 Å². The van der Waals surface area contributed by atoms with E-state index in [2.05, 4.69) is 37.1 Å². The molecule has 0 aromatic heterocycles. The summed E-state index contributed by atoms with van der Waals surface area (Å²) in [5, 5.41) is 3.90. The number of hydrogen-bond donors (Lipinski definition) is 2. The van der Waals surface area contributed by atoms with Crippen LogP contribution in [-0.4, -0.2) is 34.1 Å². The van der Waals surface area contributed by atoms with Gasteiger partial charge in [-0.25, -0.2) is 13.0 Å². The van der Waals surface area contributed by atoms with Gasteiger partial charge in [-0.2, -0.15) is 0 Å². The number of nitrogens with zero attached hydrogens (tertiary/aromatic N) is 1. The van der Waals surface area contributed by atoms with Crippen LogP contribution in [-0.2, 0) is 22.2 Å². The van der Waals surface area contributed by atoms with Crippen LogP contribution in [0.2, 0.25) is 10.0 Å². The largest absolute Gasteiger partial charge is 0.495 e. The molecule has 12 heteroatoms. The molecule has 240 valence electrons. The predicted octanol–water partition coefficient (Wildman–Crippen LogP) is 8.71. The van der Waals surface area contributed by atoms with Crippen molar-refractivity contribution in [1.29, 1.82) is 0 Å². The molecule has 0 bridgehead atoms. The number of methoxy groups -OCH3 is 1. The Morgan fingerprint density at radius 2 is 1.80 bits per heavy atom. The Labute approximate surface area is 279 Å². The number of halogens is 4. The molecular weight excluding hydrogens is 661 g/mol. The minimum atomic E-state index is -2.06. The smallest absolute Gasteiger partial charge is 0.251 e. The first kappa shape index (κ1) is 35.0. The maximum absolute atomic E-state index is 15.4. The fraction of sp³-hybridized carbons (Fsp3) is 0.303. The third kappa shape index (κ3) is 7.92. The van der Waals surface area contributed by atoms with Gasteiger partial charge in [0.15, 0.2) is 11.1 Å². The lowest BCUT2D eigenvalue weighted by molar-refractivity contribution is 0.0955. The van der Waals surface area contributed by atoms with E-state index in [0.717, 1.165) is 33.6 Å². The zero-order valence-corrected chi connectivity index (χ0v) is 28.6. The molecule has 1 aliphatic heterocycles. The van der Waals surface area contributed by atoms with Crippen molar-refractivity contribution in [2.45, 2.75) is 38.9 Å². The fourth-order valence-corrected chi connectivity index (χ4v) is 7.14. The third-order valence-electron chi connectivity index (χ3n) is 7.79. The Bertz CT molecular complexity index is 1660. The van der Waals surface area contributed by atoms with Crippen molar-refractivity contribution < 1.29 is 27.1 Å². The van der Waals surface area contributed by atoms with Crippen molar-refractivity contribution in [3.8, 4) is 5.75 Å². The molecular formula is C33H34Cl2F2N2O4S2. The van der Waals surface area contributed by atoms with E-state index < -0.39 is 28.2 Å². The first-order valence-corrected chi connectivity index (χ1v) is 17.1. The monoisotopic (exact) mass is 694 g/mol. The van der Waals surface area contributed by atoms with Crippen LogP contribution in [0.25, 0.3) is 0 Å². The number of carbonyl (C=O) groups is 1. The van der Waals surface area contributed by atoms with Gasteiger partial charge < -0.3 is 19.5 Å². The number of amides is 1. The summed E-state index contributed by atoms with van der Waals surface area (Å²) in [7, 11) is 1.56. The zero-order chi connectivity index (χ0) is 33.1. The Balaban J connectivity index is 1.71. The second kappa shape index (κ2) is 14.7. The van der Waals surface area contributed by atoms with Gasteiger partial charge in [0.2, 0.25) is 0 Å². The molecule has 4 rings (SSSR count). The molecule has 1 heterocycles. The molecule has 3 aromatic carbocycles. The van der Waals surface area contributed by atoms with Crippen molar-refractivity contribution in [2.24, 2.45) is 5.92 Å². The molecule has 0 fully saturated rings. The molecule has 0 aliphatic carbocycles. The van der Waals surface area contributed by atoms with Gasteiger partial charge in [0.1, 0.15) is 17.4 Å². The van der Waals surface area contributed by atoms with E-state index in [4.69, 9.17) is 32.5 Å². The second-order valence-corrected chi connectivity index (χ2v) is 13.9. The Morgan fingerprint density at radius 1 is 1.11 bits per heavy atom. The highest BCUT2D eigenvalue weighted by Crippen LogP contribution is 2.48. The van der Waals surface area contributed by atoms with Crippen LogP contribution in [0, 0.1) is 17.6 Å². The van der Waals surface area contributed by atoms with Gasteiger partial charge >= 0.3 is 0 Å². The number of ether oxygens (including phenoxy) is 1. The average Bonchev–Trinajstić information content (AvgIpc) is 2.98. The molecule has 6 nitrogen and oxygen atoms in total. The maximum Gasteiger partial charge on any atom is 0.251 e. The molecule has 2 unspecified atom stereocenters. The minimum absolute atomic E-state index is 0.00922. The third-order valence-corrected chi connectivity index (χ3v) is 10.2. The number of thioether (sulfide) groups is 1. The van der Waals surface area contributed by atoms with Gasteiger partial charge in [0.05, 0.1) is 22.9 Å². The van der Waals surface area contributed by atoms with E-state index >= 15 is 4.39 Å². The molecule has 2 N–H and O–H groups in total. The van der Waals surface area contributed by atoms with Crippen LogP contribution in [0.15, 0.2) is 77.0 Å². The second-order valence-electron chi connectivity index (χ2n) is 11.1. The standard InChI is InChI=1S/C33H34Cl2F2N2O4S2/c1-19-14-30(33(3,4)22-6-11-26(34)29(17-22)43-5)39(24-9-7-23(36)8-10-24)32(20(19)2)44-18-25-27(35)15-21(16-28(25)37)31(40)38-12-13-45(41)42/h6-11,14-17,19H,12-13,18H2,1-5H3,(H,38,40)(H,41,42). The summed E-state index contributed by atoms with van der Waals surface area (Å²) in [5.74, 6) is -1.04. The van der Waals surface area contributed by atoms with E-state index in [0.29, 0.717) is 10.8 Å². The molecule has 0 saturated carbocycles. The Hall–Kier alpha value is -2.89. The fourth-order valence-electron chi connectivity index (χ4n) is 4.99. The summed E-state index contributed by atoms with van der Waals surface area (Å²) >= 11 is 12.2. The van der Waals surface area contributed by atoms with Gasteiger partial charge in [-0.05, 0) is 72.5 Å². The number of hydrogen-bond acceptors (Lipinski definition) is 5. The van der Waals surface area contributed by atoms with E-state index in [9.17, 15) is 13.4 Å². The highest BCUT2D eigenvalue weighted by molar-refractivity contribution is 8.02. The van der Waals surface area contributed by atoms with Crippen LogP contribution in [0.3, 0.4) is 0 Å². The number of anilines is 1. The summed E-state index contributed by atoms with van der Waals surface area (Å²) < 4.78 is 54.8. The molecule has 0 saturated heterocycles. The first-order chi connectivity index (χ1) is 21.2. The number of allylic oxidation sites excluding steroid dienone is 3. The van der Waals surface area contributed by atoms with Crippen molar-refractivity contribution in [3.05, 3.63) is 115 Å². The highest BCUT2D eigenvalue weighted by Gasteiger charge is 2.37. The van der Waals surface area contributed by atoms with Crippen molar-refractivity contribution in [3.63, 3.8) is 0 Å². The summed E-state index contributed by atoms with van der Waals surface area (Å²) in [4.78, 5) is 14.5. The first-order valence-electron chi connectivity index (χ1n) is 14.0. The quantitative estimate of drug-likeness (QED) is 0.196. The zero-order valence-electron chi connectivity index (χ0n) is 25.4. The van der Waals surface area contributed by atoms with Gasteiger partial charge in [-0.1, -0.05) is 56.1 Å². The minimum Gasteiger partial charge on any atom is -0.495 e. The molecule has 0 spiro atoms. The Kier molecular flexibility index (Phi) is 11.4. The molecule has 45 heavy (non-hydrogen) atoms. The van der Waals surface area contributed by atoms with Crippen LogP contribution >= 0.6 is 35.0 Å². The SMILES string of the molecule is COc1cc(C(C)(C)C2=CC(C)C(C)=C(SCc3c(F)cc(C(=O)NCCS(=O)O)cc3Cl)N2c2ccc(F)cc2)ccc1Cl. The molecule has 2 atom stereocenters. The molecule has 3 aromatic rings. The van der Waals surface area contributed by atoms with Gasteiger partial charge in [0, 0.05) is 45.2 Å². The van der Waals surface area contributed by atoms with E-state index in [1.54, 1.807) is 25.3 Å². The number of benzene rings is 3. The van der Waals surface area contributed by atoms with Crippen LogP contribution < -0.4 is 15.0 Å². The van der Waals surface area contributed by atoms with E-state index in [-0.39, 0.29) is 45.9 Å². The topological polar surface area (TPSA) is 78.9 Å². The summed E-state index contributed by atoms with van der Waals surface area (Å²) in [6, 6.07) is 14.4. The predicted molar refractivity (Wildman–Crippen MR) is 181 cm³/mol. The van der Waals surface area contributed by atoms with E-state index in [1.807, 2.05) is 19.1 Å². The maximum atomic E-state index is 15.4. The molecule has 1 amide bonds. The van der Waals surface area contributed by atoms with Crippen molar-refractivity contribution >= 4 is 57.6 Å².